The summed E-state index contributed by atoms with van der Waals surface area (Å²) in [5, 5.41) is 6.82. The lowest BCUT2D eigenvalue weighted by Crippen LogP contribution is -2.21. The number of aromatic nitrogens is 1. The van der Waals surface area contributed by atoms with Crippen molar-refractivity contribution >= 4 is 38.6 Å². The number of thiazole rings is 1. The van der Waals surface area contributed by atoms with E-state index in [2.05, 4.69) is 46.5 Å². The van der Waals surface area contributed by atoms with Gasteiger partial charge < -0.3 is 5.32 Å². The zero-order chi connectivity index (χ0) is 13.4. The van der Waals surface area contributed by atoms with Crippen LogP contribution in [0.25, 0.3) is 9.88 Å². The van der Waals surface area contributed by atoms with Crippen LogP contribution in [-0.4, -0.2) is 11.0 Å². The normalized spacial score (nSPS) is 15.4. The summed E-state index contributed by atoms with van der Waals surface area (Å²) in [6.07, 6.45) is 2.62. The monoisotopic (exact) mass is 356 g/mol. The molecule has 0 aliphatic heterocycles. The molecule has 0 aromatic carbocycles. The molecule has 1 N–H and O–H groups in total. The molecule has 0 spiro atoms. The number of rotatable bonds is 5. The maximum atomic E-state index is 4.90. The van der Waals surface area contributed by atoms with Crippen molar-refractivity contribution in [2.45, 2.75) is 45.2 Å². The zero-order valence-corrected chi connectivity index (χ0v) is 14.3. The van der Waals surface area contributed by atoms with Gasteiger partial charge in [-0.3, -0.25) is 0 Å². The van der Waals surface area contributed by atoms with Crippen molar-refractivity contribution < 1.29 is 0 Å². The van der Waals surface area contributed by atoms with Gasteiger partial charge in [0.2, 0.25) is 0 Å². The van der Waals surface area contributed by atoms with Gasteiger partial charge in [0.15, 0.2) is 0 Å². The fraction of sp³-hybridized carbons (Fsp3) is 0.500. The predicted molar refractivity (Wildman–Crippen MR) is 87.1 cm³/mol. The van der Waals surface area contributed by atoms with Crippen LogP contribution in [0, 0.1) is 0 Å². The van der Waals surface area contributed by atoms with Gasteiger partial charge in [-0.2, -0.15) is 0 Å². The Morgan fingerprint density at radius 1 is 1.47 bits per heavy atom. The topological polar surface area (TPSA) is 24.9 Å². The molecule has 2 heterocycles. The minimum absolute atomic E-state index is 0.522. The zero-order valence-electron chi connectivity index (χ0n) is 11.1. The lowest BCUT2D eigenvalue weighted by molar-refractivity contribution is 0.590. The van der Waals surface area contributed by atoms with E-state index in [9.17, 15) is 0 Å². The van der Waals surface area contributed by atoms with E-state index in [0.717, 1.165) is 16.9 Å². The largest absolute Gasteiger partial charge is 0.310 e. The number of hydrogen-bond acceptors (Lipinski definition) is 4. The Kier molecular flexibility index (Phi) is 4.08. The Bertz CT molecular complexity index is 570. The molecule has 1 fully saturated rings. The van der Waals surface area contributed by atoms with Gasteiger partial charge >= 0.3 is 0 Å². The average molecular weight is 357 g/mol. The maximum Gasteiger partial charge on any atom is 0.133 e. The summed E-state index contributed by atoms with van der Waals surface area (Å²) in [7, 11) is 0. The van der Waals surface area contributed by atoms with Crippen LogP contribution in [0.2, 0.25) is 0 Å². The van der Waals surface area contributed by atoms with Crippen molar-refractivity contribution in [1.82, 2.24) is 10.3 Å². The molecule has 0 unspecified atom stereocenters. The first-order valence-corrected chi connectivity index (χ1v) is 9.10. The molecule has 0 atom stereocenters. The van der Waals surface area contributed by atoms with Gasteiger partial charge in [0, 0.05) is 33.2 Å². The summed E-state index contributed by atoms with van der Waals surface area (Å²) in [5.74, 6) is 0.720. The quantitative estimate of drug-likeness (QED) is 0.814. The van der Waals surface area contributed by atoms with Crippen LogP contribution >= 0.6 is 38.6 Å². The molecule has 1 aliphatic rings. The van der Waals surface area contributed by atoms with Crippen molar-refractivity contribution in [3.63, 3.8) is 0 Å². The van der Waals surface area contributed by atoms with Crippen LogP contribution in [-0.2, 0) is 6.54 Å². The molecule has 2 nitrogen and oxygen atoms in total. The Hall–Kier alpha value is -0.230. The third-order valence-electron chi connectivity index (χ3n) is 3.14. The molecule has 19 heavy (non-hydrogen) atoms. The molecular weight excluding hydrogens is 340 g/mol. The third-order valence-corrected chi connectivity index (χ3v) is 6.07. The Balaban J connectivity index is 1.87. The SMILES string of the molecule is CC(C)NCc1sc(-c2cc(Br)cs2)nc1C1CC1. The smallest absolute Gasteiger partial charge is 0.133 e. The Morgan fingerprint density at radius 3 is 2.84 bits per heavy atom. The summed E-state index contributed by atoms with van der Waals surface area (Å²) in [6.45, 7) is 5.33. The van der Waals surface area contributed by atoms with E-state index in [1.807, 2.05) is 11.3 Å². The summed E-state index contributed by atoms with van der Waals surface area (Å²) in [5.41, 5.74) is 1.35. The van der Waals surface area contributed by atoms with Crippen LogP contribution in [0.4, 0.5) is 0 Å². The van der Waals surface area contributed by atoms with Crippen molar-refractivity contribution in [1.29, 1.82) is 0 Å². The first kappa shape index (κ1) is 13.7. The minimum atomic E-state index is 0.522. The second-order valence-electron chi connectivity index (χ2n) is 5.27. The maximum absolute atomic E-state index is 4.90. The molecule has 0 amide bonds. The molecule has 0 saturated heterocycles. The molecule has 1 aliphatic carbocycles. The first-order valence-electron chi connectivity index (χ1n) is 6.61. The molecular formula is C14H17BrN2S2. The van der Waals surface area contributed by atoms with Gasteiger partial charge in [-0.25, -0.2) is 4.98 Å². The van der Waals surface area contributed by atoms with E-state index in [-0.39, 0.29) is 0 Å². The molecule has 0 bridgehead atoms. The lowest BCUT2D eigenvalue weighted by atomic mass is 10.2. The van der Waals surface area contributed by atoms with E-state index in [4.69, 9.17) is 4.98 Å². The molecule has 0 radical (unpaired) electrons. The van der Waals surface area contributed by atoms with Gasteiger partial charge in [-0.05, 0) is 34.8 Å². The van der Waals surface area contributed by atoms with Gasteiger partial charge in [0.25, 0.3) is 0 Å². The molecule has 1 saturated carbocycles. The van der Waals surface area contributed by atoms with Crippen LogP contribution < -0.4 is 5.32 Å². The van der Waals surface area contributed by atoms with E-state index in [0.29, 0.717) is 6.04 Å². The van der Waals surface area contributed by atoms with Gasteiger partial charge in [-0.1, -0.05) is 13.8 Å². The van der Waals surface area contributed by atoms with Crippen LogP contribution in [0.1, 0.15) is 43.2 Å². The van der Waals surface area contributed by atoms with Crippen LogP contribution in [0.5, 0.6) is 0 Å². The molecule has 2 aromatic heterocycles. The highest BCUT2D eigenvalue weighted by Crippen LogP contribution is 2.45. The number of nitrogens with zero attached hydrogens (tertiary/aromatic N) is 1. The fourth-order valence-electron chi connectivity index (χ4n) is 1.99. The first-order chi connectivity index (χ1) is 9.13. The number of hydrogen-bond donors (Lipinski definition) is 1. The van der Waals surface area contributed by atoms with Crippen molar-refractivity contribution in [3.8, 4) is 9.88 Å². The minimum Gasteiger partial charge on any atom is -0.310 e. The van der Waals surface area contributed by atoms with Crippen molar-refractivity contribution in [2.24, 2.45) is 0 Å². The fourth-order valence-corrected chi connectivity index (χ4v) is 4.58. The van der Waals surface area contributed by atoms with E-state index >= 15 is 0 Å². The van der Waals surface area contributed by atoms with E-state index < -0.39 is 0 Å². The predicted octanol–water partition coefficient (Wildman–Crippen LogP) is 5.01. The van der Waals surface area contributed by atoms with Gasteiger partial charge in [0.05, 0.1) is 10.6 Å². The van der Waals surface area contributed by atoms with Crippen LogP contribution in [0.3, 0.4) is 0 Å². The summed E-state index contributed by atoms with van der Waals surface area (Å²) in [4.78, 5) is 7.60. The van der Waals surface area contributed by atoms with E-state index in [1.54, 1.807) is 11.3 Å². The molecule has 5 heteroatoms. The molecule has 3 rings (SSSR count). The average Bonchev–Trinajstić information content (AvgIpc) is 2.97. The van der Waals surface area contributed by atoms with Crippen LogP contribution in [0.15, 0.2) is 15.9 Å². The Labute approximate surface area is 130 Å². The second kappa shape index (κ2) is 5.64. The number of halogens is 1. The second-order valence-corrected chi connectivity index (χ2v) is 8.18. The lowest BCUT2D eigenvalue weighted by Gasteiger charge is -2.06. The van der Waals surface area contributed by atoms with Gasteiger partial charge in [-0.15, -0.1) is 22.7 Å². The standard InChI is InChI=1S/C14H17BrN2S2/c1-8(2)16-6-12-13(9-3-4-9)17-14(19-12)11-5-10(15)7-18-11/h5,7-9,16H,3-4,6H2,1-2H3. The number of nitrogens with one attached hydrogen (secondary N) is 1. The van der Waals surface area contributed by atoms with Gasteiger partial charge in [0.1, 0.15) is 5.01 Å². The Morgan fingerprint density at radius 2 is 2.26 bits per heavy atom. The highest BCUT2D eigenvalue weighted by molar-refractivity contribution is 9.10. The number of thiophene rings is 1. The molecule has 2 aromatic rings. The van der Waals surface area contributed by atoms with Crippen molar-refractivity contribution in [3.05, 3.63) is 26.5 Å². The summed E-state index contributed by atoms with van der Waals surface area (Å²) < 4.78 is 1.15. The highest BCUT2D eigenvalue weighted by atomic mass is 79.9. The highest BCUT2D eigenvalue weighted by Gasteiger charge is 2.29. The van der Waals surface area contributed by atoms with Crippen molar-refractivity contribution in [2.75, 3.05) is 0 Å². The summed E-state index contributed by atoms with van der Waals surface area (Å²) in [6, 6.07) is 2.69. The van der Waals surface area contributed by atoms with E-state index in [1.165, 1.54) is 33.3 Å². The molecule has 102 valence electrons. The third kappa shape index (κ3) is 3.27. The summed E-state index contributed by atoms with van der Waals surface area (Å²) >= 11 is 7.13.